The van der Waals surface area contributed by atoms with E-state index in [1.807, 2.05) is 18.2 Å². The van der Waals surface area contributed by atoms with Crippen molar-refractivity contribution >= 4 is 32.7 Å². The molecule has 11 aromatic rings. The smallest absolute Gasteiger partial charge is 0.160 e. The molecule has 0 amide bonds. The summed E-state index contributed by atoms with van der Waals surface area (Å²) in [6.45, 7) is 0. The molecular weight excluding hydrogens is 729 g/mol. The fourth-order valence-electron chi connectivity index (χ4n) is 9.64. The van der Waals surface area contributed by atoms with Crippen LogP contribution in [0.25, 0.3) is 88.9 Å². The molecule has 9 aromatic carbocycles. The Kier molecular flexibility index (Phi) is 7.76. The van der Waals surface area contributed by atoms with Gasteiger partial charge in [-0.1, -0.05) is 188 Å². The standard InChI is InChI=1S/C57H36N2O/c1-3-16-43(17-4-1)57(44-18-5-2-6-19-44)49-23-11-9-20-46(49)48-35-41(32-33-50(48)57)52-36-51(58-56(59-52)42-31-26-37-14-7-8-15-40(37)34-42)39-29-27-38(28-30-39)45-22-13-25-54-55(45)47-21-10-12-24-53(47)60-54/h1-36H. The molecule has 2 heterocycles. The molecule has 0 unspecified atom stereocenters. The van der Waals surface area contributed by atoms with Crippen LogP contribution in [0, 0.1) is 0 Å². The Labute approximate surface area is 347 Å². The minimum absolute atomic E-state index is 0.463. The predicted molar refractivity (Wildman–Crippen MR) is 246 cm³/mol. The van der Waals surface area contributed by atoms with Crippen molar-refractivity contribution in [3.05, 3.63) is 241 Å². The van der Waals surface area contributed by atoms with Crippen LogP contribution in [-0.4, -0.2) is 9.97 Å². The van der Waals surface area contributed by atoms with Crippen molar-refractivity contribution < 1.29 is 4.42 Å². The van der Waals surface area contributed by atoms with Gasteiger partial charge in [0.15, 0.2) is 5.82 Å². The minimum atomic E-state index is -0.463. The van der Waals surface area contributed by atoms with Crippen molar-refractivity contribution in [2.24, 2.45) is 0 Å². The first kappa shape index (κ1) is 34.2. The molecule has 0 radical (unpaired) electrons. The van der Waals surface area contributed by atoms with Crippen molar-refractivity contribution in [3.8, 4) is 56.2 Å². The molecule has 0 spiro atoms. The van der Waals surface area contributed by atoms with Crippen molar-refractivity contribution in [2.75, 3.05) is 0 Å². The molecule has 280 valence electrons. The van der Waals surface area contributed by atoms with Gasteiger partial charge in [-0.05, 0) is 85.6 Å². The molecule has 60 heavy (non-hydrogen) atoms. The molecular formula is C57H36N2O. The molecule has 1 aliphatic carbocycles. The Morgan fingerprint density at radius 2 is 0.933 bits per heavy atom. The van der Waals surface area contributed by atoms with Gasteiger partial charge in [-0.15, -0.1) is 0 Å². The van der Waals surface area contributed by atoms with Gasteiger partial charge in [-0.25, -0.2) is 9.97 Å². The minimum Gasteiger partial charge on any atom is -0.456 e. The summed E-state index contributed by atoms with van der Waals surface area (Å²) in [6, 6.07) is 78.1. The second-order valence-corrected chi connectivity index (χ2v) is 15.7. The molecule has 0 aliphatic heterocycles. The fraction of sp³-hybridized carbons (Fsp3) is 0.0175. The van der Waals surface area contributed by atoms with E-state index in [9.17, 15) is 0 Å². The Balaban J connectivity index is 1.03. The van der Waals surface area contributed by atoms with Gasteiger partial charge in [-0.3, -0.25) is 0 Å². The Morgan fingerprint density at radius 3 is 1.73 bits per heavy atom. The summed E-state index contributed by atoms with van der Waals surface area (Å²) >= 11 is 0. The van der Waals surface area contributed by atoms with Crippen molar-refractivity contribution in [1.82, 2.24) is 9.97 Å². The topological polar surface area (TPSA) is 38.9 Å². The van der Waals surface area contributed by atoms with Crippen LogP contribution in [0.5, 0.6) is 0 Å². The summed E-state index contributed by atoms with van der Waals surface area (Å²) in [7, 11) is 0. The Hall–Kier alpha value is -7.88. The average Bonchev–Trinajstić information content (AvgIpc) is 3.86. The maximum absolute atomic E-state index is 6.23. The lowest BCUT2D eigenvalue weighted by Crippen LogP contribution is -2.28. The van der Waals surface area contributed by atoms with Crippen molar-refractivity contribution in [2.45, 2.75) is 5.41 Å². The van der Waals surface area contributed by atoms with Crippen LogP contribution in [0.15, 0.2) is 223 Å². The van der Waals surface area contributed by atoms with Gasteiger partial charge in [0, 0.05) is 27.5 Å². The highest BCUT2D eigenvalue weighted by molar-refractivity contribution is 6.12. The molecule has 12 rings (SSSR count). The van der Waals surface area contributed by atoms with Gasteiger partial charge < -0.3 is 4.42 Å². The van der Waals surface area contributed by atoms with Crippen LogP contribution < -0.4 is 0 Å². The molecule has 0 saturated carbocycles. The van der Waals surface area contributed by atoms with E-state index >= 15 is 0 Å². The number of fused-ring (bicyclic) bond motifs is 7. The monoisotopic (exact) mass is 764 g/mol. The van der Waals surface area contributed by atoms with E-state index in [2.05, 4.69) is 200 Å². The van der Waals surface area contributed by atoms with E-state index in [1.165, 1.54) is 38.8 Å². The molecule has 0 bridgehead atoms. The van der Waals surface area contributed by atoms with Gasteiger partial charge in [0.1, 0.15) is 11.2 Å². The van der Waals surface area contributed by atoms with E-state index in [1.54, 1.807) is 0 Å². The van der Waals surface area contributed by atoms with Crippen LogP contribution in [0.1, 0.15) is 22.3 Å². The van der Waals surface area contributed by atoms with E-state index in [0.717, 1.165) is 66.5 Å². The van der Waals surface area contributed by atoms with E-state index in [4.69, 9.17) is 14.4 Å². The molecule has 3 heteroatoms. The number of para-hydroxylation sites is 1. The van der Waals surface area contributed by atoms with Gasteiger partial charge >= 0.3 is 0 Å². The molecule has 0 fully saturated rings. The van der Waals surface area contributed by atoms with E-state index < -0.39 is 5.41 Å². The Morgan fingerprint density at radius 1 is 0.350 bits per heavy atom. The second kappa shape index (κ2) is 13.6. The first-order chi connectivity index (χ1) is 29.7. The summed E-state index contributed by atoms with van der Waals surface area (Å²) in [4.78, 5) is 10.6. The van der Waals surface area contributed by atoms with E-state index in [-0.39, 0.29) is 0 Å². The molecule has 0 N–H and O–H groups in total. The zero-order valence-electron chi connectivity index (χ0n) is 32.6. The van der Waals surface area contributed by atoms with Gasteiger partial charge in [-0.2, -0.15) is 0 Å². The number of furan rings is 1. The third kappa shape index (κ3) is 5.30. The number of nitrogens with zero attached hydrogens (tertiary/aromatic N) is 2. The summed E-state index contributed by atoms with van der Waals surface area (Å²) < 4.78 is 6.23. The second-order valence-electron chi connectivity index (χ2n) is 15.7. The number of aromatic nitrogens is 2. The zero-order valence-corrected chi connectivity index (χ0v) is 32.6. The average molecular weight is 765 g/mol. The molecule has 2 aromatic heterocycles. The highest BCUT2D eigenvalue weighted by atomic mass is 16.3. The van der Waals surface area contributed by atoms with Crippen LogP contribution in [0.3, 0.4) is 0 Å². The summed E-state index contributed by atoms with van der Waals surface area (Å²) in [5.74, 6) is 0.691. The summed E-state index contributed by atoms with van der Waals surface area (Å²) in [6.07, 6.45) is 0. The van der Waals surface area contributed by atoms with Gasteiger partial charge in [0.05, 0.1) is 16.8 Å². The molecule has 3 nitrogen and oxygen atoms in total. The highest BCUT2D eigenvalue weighted by Gasteiger charge is 2.46. The van der Waals surface area contributed by atoms with Crippen LogP contribution in [-0.2, 0) is 5.41 Å². The van der Waals surface area contributed by atoms with Crippen molar-refractivity contribution in [1.29, 1.82) is 0 Å². The maximum atomic E-state index is 6.23. The van der Waals surface area contributed by atoms with Gasteiger partial charge in [0.25, 0.3) is 0 Å². The number of hydrogen-bond donors (Lipinski definition) is 0. The molecule has 0 saturated heterocycles. The lowest BCUT2D eigenvalue weighted by atomic mass is 9.67. The maximum Gasteiger partial charge on any atom is 0.160 e. The lowest BCUT2D eigenvalue weighted by molar-refractivity contribution is 0.669. The number of hydrogen-bond acceptors (Lipinski definition) is 3. The number of benzene rings is 9. The Bertz CT molecular complexity index is 3380. The third-order valence-corrected chi connectivity index (χ3v) is 12.4. The largest absolute Gasteiger partial charge is 0.456 e. The van der Waals surface area contributed by atoms with Crippen LogP contribution in [0.2, 0.25) is 0 Å². The lowest BCUT2D eigenvalue weighted by Gasteiger charge is -2.33. The fourth-order valence-corrected chi connectivity index (χ4v) is 9.64. The summed E-state index contributed by atoms with van der Waals surface area (Å²) in [5.41, 5.74) is 15.9. The predicted octanol–water partition coefficient (Wildman–Crippen LogP) is 14.6. The first-order valence-electron chi connectivity index (χ1n) is 20.5. The summed E-state index contributed by atoms with van der Waals surface area (Å²) in [5, 5.41) is 4.59. The van der Waals surface area contributed by atoms with Gasteiger partial charge in [0.2, 0.25) is 0 Å². The first-order valence-corrected chi connectivity index (χ1v) is 20.5. The molecule has 1 aliphatic rings. The normalized spacial score (nSPS) is 12.8. The van der Waals surface area contributed by atoms with Crippen molar-refractivity contribution in [3.63, 3.8) is 0 Å². The zero-order chi connectivity index (χ0) is 39.6. The van der Waals surface area contributed by atoms with E-state index in [0.29, 0.717) is 5.82 Å². The van der Waals surface area contributed by atoms with Crippen LogP contribution in [0.4, 0.5) is 0 Å². The SMILES string of the molecule is c1ccc(C2(c3ccccc3)c3ccccc3-c3cc(-c4cc(-c5ccc(-c6cccc7oc8ccccc8c67)cc5)nc(-c5ccc6ccccc6c5)n4)ccc32)cc1. The quantitative estimate of drug-likeness (QED) is 0.169. The highest BCUT2D eigenvalue weighted by Crippen LogP contribution is 2.56. The molecule has 0 atom stereocenters. The third-order valence-electron chi connectivity index (χ3n) is 12.4. The number of rotatable bonds is 6. The van der Waals surface area contributed by atoms with Crippen LogP contribution >= 0.6 is 0 Å².